The standard InChI is InChI=1S/C25H27N3O2/c1-16-6-5-7-20(14-16)25(30)28-22-10-8-21(9-11-22)27-23(29)15-26-24-18(3)12-17(2)13-19(24)4/h5-14,26H,15H2,1-4H3,(H,27,29)(H,28,30). The Hall–Kier alpha value is -3.60. The minimum absolute atomic E-state index is 0.133. The van der Waals surface area contributed by atoms with Crippen LogP contribution in [0.1, 0.15) is 32.6 Å². The van der Waals surface area contributed by atoms with Crippen molar-refractivity contribution in [3.63, 3.8) is 0 Å². The quantitative estimate of drug-likeness (QED) is 0.530. The monoisotopic (exact) mass is 401 g/mol. The van der Waals surface area contributed by atoms with E-state index in [-0.39, 0.29) is 18.4 Å². The molecule has 3 aromatic carbocycles. The van der Waals surface area contributed by atoms with Crippen LogP contribution in [-0.4, -0.2) is 18.4 Å². The topological polar surface area (TPSA) is 70.2 Å². The van der Waals surface area contributed by atoms with E-state index in [0.717, 1.165) is 22.4 Å². The molecule has 5 nitrogen and oxygen atoms in total. The summed E-state index contributed by atoms with van der Waals surface area (Å²) in [5.74, 6) is -0.297. The molecule has 0 radical (unpaired) electrons. The lowest BCUT2D eigenvalue weighted by Gasteiger charge is -2.14. The largest absolute Gasteiger partial charge is 0.376 e. The van der Waals surface area contributed by atoms with E-state index < -0.39 is 0 Å². The lowest BCUT2D eigenvalue weighted by atomic mass is 10.1. The first-order valence-electron chi connectivity index (χ1n) is 9.91. The summed E-state index contributed by atoms with van der Waals surface area (Å²) < 4.78 is 0. The van der Waals surface area contributed by atoms with Crippen LogP contribution in [0.15, 0.2) is 60.7 Å². The summed E-state index contributed by atoms with van der Waals surface area (Å²) in [5, 5.41) is 8.95. The Balaban J connectivity index is 1.55. The van der Waals surface area contributed by atoms with Crippen LogP contribution in [0.3, 0.4) is 0 Å². The molecule has 0 spiro atoms. The van der Waals surface area contributed by atoms with Gasteiger partial charge in [0.1, 0.15) is 0 Å². The van der Waals surface area contributed by atoms with E-state index in [4.69, 9.17) is 0 Å². The zero-order valence-electron chi connectivity index (χ0n) is 17.8. The van der Waals surface area contributed by atoms with Crippen molar-refractivity contribution in [3.8, 4) is 0 Å². The first kappa shape index (κ1) is 21.1. The highest BCUT2D eigenvalue weighted by atomic mass is 16.2. The summed E-state index contributed by atoms with van der Waals surface area (Å²) in [5.41, 5.74) is 7.42. The molecule has 3 rings (SSSR count). The Labute approximate surface area is 177 Å². The molecule has 0 heterocycles. The van der Waals surface area contributed by atoms with E-state index in [1.165, 1.54) is 5.56 Å². The van der Waals surface area contributed by atoms with Gasteiger partial charge >= 0.3 is 0 Å². The lowest BCUT2D eigenvalue weighted by Crippen LogP contribution is -2.22. The maximum atomic E-state index is 12.3. The molecule has 0 aromatic heterocycles. The van der Waals surface area contributed by atoms with Gasteiger partial charge < -0.3 is 16.0 Å². The first-order chi connectivity index (χ1) is 14.3. The molecule has 5 heteroatoms. The fourth-order valence-electron chi connectivity index (χ4n) is 3.46. The molecule has 0 aliphatic heterocycles. The van der Waals surface area contributed by atoms with Crippen molar-refractivity contribution in [3.05, 3.63) is 88.5 Å². The van der Waals surface area contributed by atoms with Crippen LogP contribution in [0.4, 0.5) is 17.1 Å². The SMILES string of the molecule is Cc1cccc(C(=O)Nc2ccc(NC(=O)CNc3c(C)cc(C)cc3C)cc2)c1. The van der Waals surface area contributed by atoms with Gasteiger partial charge in [-0.05, 0) is 75.2 Å². The van der Waals surface area contributed by atoms with Gasteiger partial charge in [0.2, 0.25) is 5.91 Å². The van der Waals surface area contributed by atoms with E-state index in [9.17, 15) is 9.59 Å². The number of nitrogens with one attached hydrogen (secondary N) is 3. The number of carbonyl (C=O) groups excluding carboxylic acids is 2. The number of benzene rings is 3. The number of amides is 2. The van der Waals surface area contributed by atoms with Crippen LogP contribution in [0, 0.1) is 27.7 Å². The fraction of sp³-hybridized carbons (Fsp3) is 0.200. The van der Waals surface area contributed by atoms with Crippen LogP contribution in [0.2, 0.25) is 0 Å². The summed E-state index contributed by atoms with van der Waals surface area (Å²) in [6.07, 6.45) is 0. The van der Waals surface area contributed by atoms with Crippen LogP contribution >= 0.6 is 0 Å². The minimum atomic E-state index is -0.163. The van der Waals surface area contributed by atoms with Crippen molar-refractivity contribution in [2.75, 3.05) is 22.5 Å². The molecule has 0 aliphatic rings. The molecule has 3 N–H and O–H groups in total. The van der Waals surface area contributed by atoms with Crippen molar-refractivity contribution in [2.24, 2.45) is 0 Å². The van der Waals surface area contributed by atoms with Crippen molar-refractivity contribution in [2.45, 2.75) is 27.7 Å². The molecule has 2 amide bonds. The number of rotatable bonds is 6. The summed E-state index contributed by atoms with van der Waals surface area (Å²) >= 11 is 0. The minimum Gasteiger partial charge on any atom is -0.376 e. The molecule has 0 aliphatic carbocycles. The van der Waals surface area contributed by atoms with Crippen molar-refractivity contribution in [1.82, 2.24) is 0 Å². The molecular formula is C25H27N3O2. The van der Waals surface area contributed by atoms with Gasteiger partial charge in [0.15, 0.2) is 0 Å². The molecule has 154 valence electrons. The third-order valence-corrected chi connectivity index (χ3v) is 4.81. The fourth-order valence-corrected chi connectivity index (χ4v) is 3.46. The normalized spacial score (nSPS) is 10.4. The van der Waals surface area contributed by atoms with Crippen LogP contribution < -0.4 is 16.0 Å². The number of carbonyl (C=O) groups is 2. The highest BCUT2D eigenvalue weighted by molar-refractivity contribution is 6.04. The molecule has 0 fully saturated rings. The summed E-state index contributed by atoms with van der Waals surface area (Å²) in [6.45, 7) is 8.25. The summed E-state index contributed by atoms with van der Waals surface area (Å²) in [4.78, 5) is 24.6. The number of anilines is 3. The van der Waals surface area contributed by atoms with Gasteiger partial charge in [-0.1, -0.05) is 35.4 Å². The third-order valence-electron chi connectivity index (χ3n) is 4.81. The van der Waals surface area contributed by atoms with Gasteiger partial charge in [0.05, 0.1) is 6.54 Å². The summed E-state index contributed by atoms with van der Waals surface area (Å²) in [6, 6.07) is 18.7. The maximum absolute atomic E-state index is 12.3. The number of hydrogen-bond donors (Lipinski definition) is 3. The molecular weight excluding hydrogens is 374 g/mol. The predicted molar refractivity (Wildman–Crippen MR) is 123 cm³/mol. The van der Waals surface area contributed by atoms with E-state index in [1.807, 2.05) is 39.0 Å². The second-order valence-electron chi connectivity index (χ2n) is 7.58. The number of hydrogen-bond acceptors (Lipinski definition) is 3. The molecule has 0 unspecified atom stereocenters. The zero-order chi connectivity index (χ0) is 21.7. The van der Waals surface area contributed by atoms with Crippen molar-refractivity contribution >= 4 is 28.9 Å². The van der Waals surface area contributed by atoms with E-state index in [2.05, 4.69) is 35.0 Å². The van der Waals surface area contributed by atoms with E-state index in [1.54, 1.807) is 30.3 Å². The van der Waals surface area contributed by atoms with E-state index >= 15 is 0 Å². The number of aryl methyl sites for hydroxylation is 4. The third kappa shape index (κ3) is 5.47. The van der Waals surface area contributed by atoms with Gasteiger partial charge in [-0.25, -0.2) is 0 Å². The summed E-state index contributed by atoms with van der Waals surface area (Å²) in [7, 11) is 0. The molecule has 30 heavy (non-hydrogen) atoms. The first-order valence-corrected chi connectivity index (χ1v) is 9.91. The average Bonchev–Trinajstić information content (AvgIpc) is 2.68. The Morgan fingerprint density at radius 2 is 1.33 bits per heavy atom. The highest BCUT2D eigenvalue weighted by Gasteiger charge is 2.08. The van der Waals surface area contributed by atoms with Gasteiger partial charge in [0.25, 0.3) is 5.91 Å². The molecule has 0 saturated carbocycles. The van der Waals surface area contributed by atoms with Gasteiger partial charge in [-0.2, -0.15) is 0 Å². The molecule has 0 saturated heterocycles. The molecule has 3 aromatic rings. The molecule has 0 bridgehead atoms. The predicted octanol–water partition coefficient (Wildman–Crippen LogP) is 5.22. The highest BCUT2D eigenvalue weighted by Crippen LogP contribution is 2.22. The Bertz CT molecular complexity index is 1050. The van der Waals surface area contributed by atoms with Crippen LogP contribution in [0.5, 0.6) is 0 Å². The zero-order valence-corrected chi connectivity index (χ0v) is 17.8. The van der Waals surface area contributed by atoms with Crippen LogP contribution in [-0.2, 0) is 4.79 Å². The second kappa shape index (κ2) is 9.27. The lowest BCUT2D eigenvalue weighted by molar-refractivity contribution is -0.114. The van der Waals surface area contributed by atoms with Gasteiger partial charge in [-0.3, -0.25) is 9.59 Å². The maximum Gasteiger partial charge on any atom is 0.255 e. The van der Waals surface area contributed by atoms with Gasteiger partial charge in [-0.15, -0.1) is 0 Å². The Kier molecular flexibility index (Phi) is 6.52. The second-order valence-corrected chi connectivity index (χ2v) is 7.58. The van der Waals surface area contributed by atoms with Crippen molar-refractivity contribution < 1.29 is 9.59 Å². The Morgan fingerprint density at radius 1 is 0.733 bits per heavy atom. The van der Waals surface area contributed by atoms with Crippen LogP contribution in [0.25, 0.3) is 0 Å². The smallest absolute Gasteiger partial charge is 0.255 e. The molecule has 0 atom stereocenters. The van der Waals surface area contributed by atoms with Crippen molar-refractivity contribution in [1.29, 1.82) is 0 Å². The van der Waals surface area contributed by atoms with Gasteiger partial charge in [0, 0.05) is 22.6 Å². The Morgan fingerprint density at radius 3 is 1.93 bits per heavy atom. The average molecular weight is 402 g/mol. The van der Waals surface area contributed by atoms with E-state index in [0.29, 0.717) is 16.9 Å².